The topological polar surface area (TPSA) is 83.5 Å². The molecule has 0 aromatic heterocycles. The van der Waals surface area contributed by atoms with Gasteiger partial charge in [0.1, 0.15) is 0 Å². The highest BCUT2D eigenvalue weighted by atomic mass is 35.5. The number of benzene rings is 3. The highest BCUT2D eigenvalue weighted by Crippen LogP contribution is 2.22. The van der Waals surface area contributed by atoms with Gasteiger partial charge in [0.2, 0.25) is 0 Å². The Balaban J connectivity index is 1.86. The van der Waals surface area contributed by atoms with Gasteiger partial charge in [0.25, 0.3) is 5.91 Å². The lowest BCUT2D eigenvalue weighted by atomic mass is 10.0. The Morgan fingerprint density at radius 2 is 1.39 bits per heavy atom. The average molecular weight is 414 g/mol. The van der Waals surface area contributed by atoms with Crippen LogP contribution in [0, 0.1) is 0 Å². The van der Waals surface area contributed by atoms with Crippen molar-refractivity contribution in [2.45, 2.75) is 0 Å². The first kappa shape index (κ1) is 19.6. The number of aromatic carboxylic acids is 1. The van der Waals surface area contributed by atoms with Crippen LogP contribution < -0.4 is 5.32 Å². The fourth-order valence-electron chi connectivity index (χ4n) is 2.57. The number of carbonyl (C=O) groups excluding carboxylic acids is 2. The average Bonchev–Trinajstić information content (AvgIpc) is 2.69. The molecular weight excluding hydrogens is 401 g/mol. The summed E-state index contributed by atoms with van der Waals surface area (Å²) < 4.78 is 0. The number of rotatable bonds is 5. The van der Waals surface area contributed by atoms with E-state index in [0.717, 1.165) is 0 Å². The number of amides is 1. The van der Waals surface area contributed by atoms with Gasteiger partial charge in [0.15, 0.2) is 5.78 Å². The summed E-state index contributed by atoms with van der Waals surface area (Å²) in [7, 11) is 0. The molecule has 0 radical (unpaired) electrons. The molecule has 0 fully saturated rings. The molecule has 0 aliphatic heterocycles. The summed E-state index contributed by atoms with van der Waals surface area (Å²) in [6.07, 6.45) is 0. The summed E-state index contributed by atoms with van der Waals surface area (Å²) >= 11 is 11.7. The smallest absolute Gasteiger partial charge is 0.337 e. The molecule has 140 valence electrons. The van der Waals surface area contributed by atoms with Crippen LogP contribution in [0.2, 0.25) is 10.0 Å². The van der Waals surface area contributed by atoms with Crippen molar-refractivity contribution in [3.05, 3.63) is 99.0 Å². The van der Waals surface area contributed by atoms with Gasteiger partial charge in [-0.05, 0) is 54.6 Å². The maximum Gasteiger partial charge on any atom is 0.337 e. The maximum atomic E-state index is 12.6. The first-order chi connectivity index (χ1) is 13.3. The molecule has 0 aliphatic rings. The molecule has 0 saturated carbocycles. The van der Waals surface area contributed by atoms with Crippen molar-refractivity contribution in [3.8, 4) is 0 Å². The third-order valence-electron chi connectivity index (χ3n) is 3.95. The minimum Gasteiger partial charge on any atom is -0.478 e. The molecule has 1 amide bonds. The monoisotopic (exact) mass is 413 g/mol. The van der Waals surface area contributed by atoms with Gasteiger partial charge in [0.05, 0.1) is 11.3 Å². The summed E-state index contributed by atoms with van der Waals surface area (Å²) in [5, 5.41) is 12.6. The van der Waals surface area contributed by atoms with E-state index in [1.165, 1.54) is 30.3 Å². The van der Waals surface area contributed by atoms with Crippen LogP contribution in [0.25, 0.3) is 0 Å². The molecule has 3 aromatic carbocycles. The Morgan fingerprint density at radius 1 is 0.750 bits per heavy atom. The lowest BCUT2D eigenvalue weighted by Gasteiger charge is -2.10. The second kappa shape index (κ2) is 8.25. The number of hydrogen-bond donors (Lipinski definition) is 2. The van der Waals surface area contributed by atoms with Crippen molar-refractivity contribution in [2.24, 2.45) is 0 Å². The number of nitrogens with one attached hydrogen (secondary N) is 1. The van der Waals surface area contributed by atoms with Crippen LogP contribution >= 0.6 is 23.2 Å². The van der Waals surface area contributed by atoms with E-state index >= 15 is 0 Å². The lowest BCUT2D eigenvalue weighted by molar-refractivity contribution is 0.0698. The van der Waals surface area contributed by atoms with Gasteiger partial charge in [0, 0.05) is 26.7 Å². The molecule has 0 atom stereocenters. The first-order valence-electron chi connectivity index (χ1n) is 8.09. The highest BCUT2D eigenvalue weighted by molar-refractivity contribution is 6.31. The van der Waals surface area contributed by atoms with Crippen molar-refractivity contribution < 1.29 is 19.5 Å². The molecule has 0 unspecified atom stereocenters. The van der Waals surface area contributed by atoms with Gasteiger partial charge < -0.3 is 10.4 Å². The van der Waals surface area contributed by atoms with E-state index in [2.05, 4.69) is 5.32 Å². The number of halogens is 2. The highest BCUT2D eigenvalue weighted by Gasteiger charge is 2.16. The van der Waals surface area contributed by atoms with E-state index in [1.807, 2.05) is 0 Å². The number of carboxylic acid groups (broad SMARTS) is 1. The number of anilines is 1. The zero-order valence-electron chi connectivity index (χ0n) is 14.3. The minimum absolute atomic E-state index is 0.108. The van der Waals surface area contributed by atoms with Gasteiger partial charge in [-0.1, -0.05) is 35.3 Å². The predicted octanol–water partition coefficient (Wildman–Crippen LogP) is 5.17. The molecule has 28 heavy (non-hydrogen) atoms. The van der Waals surface area contributed by atoms with E-state index in [0.29, 0.717) is 16.1 Å². The van der Waals surface area contributed by atoms with Crippen molar-refractivity contribution >= 4 is 46.5 Å². The molecule has 0 heterocycles. The zero-order chi connectivity index (χ0) is 20.3. The second-order valence-corrected chi connectivity index (χ2v) is 6.74. The Hall–Kier alpha value is -3.15. The van der Waals surface area contributed by atoms with E-state index in [-0.39, 0.29) is 27.6 Å². The number of carbonyl (C=O) groups is 3. The molecule has 7 heteroatoms. The van der Waals surface area contributed by atoms with Gasteiger partial charge >= 0.3 is 5.97 Å². The van der Waals surface area contributed by atoms with Crippen LogP contribution in [0.15, 0.2) is 66.7 Å². The lowest BCUT2D eigenvalue weighted by Crippen LogP contribution is -2.15. The molecule has 3 rings (SSSR count). The second-order valence-electron chi connectivity index (χ2n) is 5.87. The van der Waals surface area contributed by atoms with Gasteiger partial charge in [-0.25, -0.2) is 4.79 Å². The van der Waals surface area contributed by atoms with Crippen molar-refractivity contribution in [2.75, 3.05) is 5.32 Å². The molecule has 0 aliphatic carbocycles. The van der Waals surface area contributed by atoms with Crippen LogP contribution in [-0.4, -0.2) is 22.8 Å². The third-order valence-corrected chi connectivity index (χ3v) is 4.44. The van der Waals surface area contributed by atoms with E-state index < -0.39 is 11.9 Å². The van der Waals surface area contributed by atoms with Crippen molar-refractivity contribution in [3.63, 3.8) is 0 Å². The van der Waals surface area contributed by atoms with E-state index in [1.54, 1.807) is 36.4 Å². The minimum atomic E-state index is -1.22. The van der Waals surface area contributed by atoms with E-state index in [4.69, 9.17) is 23.2 Å². The van der Waals surface area contributed by atoms with Gasteiger partial charge in [-0.15, -0.1) is 0 Å². The number of carboxylic acids is 1. The fraction of sp³-hybridized carbons (Fsp3) is 0. The summed E-state index contributed by atoms with van der Waals surface area (Å²) in [6.45, 7) is 0. The molecule has 0 saturated heterocycles. The number of hydrogen-bond acceptors (Lipinski definition) is 3. The van der Waals surface area contributed by atoms with Gasteiger partial charge in [-0.2, -0.15) is 0 Å². The molecular formula is C21H13Cl2NO4. The van der Waals surface area contributed by atoms with Crippen LogP contribution in [0.1, 0.15) is 36.6 Å². The molecule has 0 bridgehead atoms. The van der Waals surface area contributed by atoms with Crippen molar-refractivity contribution in [1.29, 1.82) is 0 Å². The zero-order valence-corrected chi connectivity index (χ0v) is 15.8. The Bertz CT molecular complexity index is 1080. The molecule has 5 nitrogen and oxygen atoms in total. The largest absolute Gasteiger partial charge is 0.478 e. The van der Waals surface area contributed by atoms with Crippen molar-refractivity contribution in [1.82, 2.24) is 0 Å². The Labute approximate surface area is 170 Å². The van der Waals surface area contributed by atoms with Crippen LogP contribution in [0.4, 0.5) is 5.69 Å². The SMILES string of the molecule is O=C(Nc1ccc(Cl)cc1C(=O)O)c1cccc(C(=O)c2ccc(Cl)cc2)c1. The third kappa shape index (κ3) is 4.39. The van der Waals surface area contributed by atoms with Gasteiger partial charge in [-0.3, -0.25) is 9.59 Å². The van der Waals surface area contributed by atoms with Crippen LogP contribution in [-0.2, 0) is 0 Å². The normalized spacial score (nSPS) is 10.4. The van der Waals surface area contributed by atoms with Crippen LogP contribution in [0.5, 0.6) is 0 Å². The van der Waals surface area contributed by atoms with E-state index in [9.17, 15) is 19.5 Å². The predicted molar refractivity (Wildman–Crippen MR) is 108 cm³/mol. The maximum absolute atomic E-state index is 12.6. The Kier molecular flexibility index (Phi) is 5.78. The molecule has 2 N–H and O–H groups in total. The van der Waals surface area contributed by atoms with Crippen LogP contribution in [0.3, 0.4) is 0 Å². The quantitative estimate of drug-likeness (QED) is 0.564. The summed E-state index contributed by atoms with van der Waals surface area (Å²) in [4.78, 5) is 36.5. The summed E-state index contributed by atoms with van der Waals surface area (Å²) in [6, 6.07) is 16.7. The standard InChI is InChI=1S/C21H13Cl2NO4/c22-15-6-4-12(5-7-15)19(25)13-2-1-3-14(10-13)20(26)24-18-9-8-16(23)11-17(18)21(27)28/h1-11H,(H,24,26)(H,27,28). The summed E-state index contributed by atoms with van der Waals surface area (Å²) in [5.41, 5.74) is 0.953. The molecule has 0 spiro atoms. The first-order valence-corrected chi connectivity index (χ1v) is 8.85. The molecule has 3 aromatic rings. The number of ketones is 1. The fourth-order valence-corrected chi connectivity index (χ4v) is 2.86. The Morgan fingerprint density at radius 3 is 2.07 bits per heavy atom. The summed E-state index contributed by atoms with van der Waals surface area (Å²) in [5.74, 6) is -2.02.